The molecule has 0 saturated heterocycles. The Labute approximate surface area is 102 Å². The van der Waals surface area contributed by atoms with Crippen LogP contribution in [0.15, 0.2) is 35.1 Å². The highest BCUT2D eigenvalue weighted by atomic mass is 16.3. The minimum atomic E-state index is 0.449. The van der Waals surface area contributed by atoms with Gasteiger partial charge in [0.05, 0.1) is 18.5 Å². The maximum atomic E-state index is 5.27. The molecule has 2 aromatic heterocycles. The lowest BCUT2D eigenvalue weighted by Crippen LogP contribution is -2.17. The van der Waals surface area contributed by atoms with Crippen molar-refractivity contribution in [2.45, 2.75) is 39.4 Å². The summed E-state index contributed by atoms with van der Waals surface area (Å²) in [6, 6.07) is 6.38. The second-order valence-corrected chi connectivity index (χ2v) is 4.21. The predicted molar refractivity (Wildman–Crippen MR) is 66.5 cm³/mol. The summed E-state index contributed by atoms with van der Waals surface area (Å²) >= 11 is 0. The van der Waals surface area contributed by atoms with Crippen LogP contribution in [0.3, 0.4) is 0 Å². The minimum absolute atomic E-state index is 0.449. The molecule has 2 aromatic rings. The van der Waals surface area contributed by atoms with Crippen LogP contribution in [0.4, 0.5) is 0 Å². The Morgan fingerprint density at radius 3 is 3.00 bits per heavy atom. The van der Waals surface area contributed by atoms with Gasteiger partial charge in [0, 0.05) is 18.8 Å². The molecule has 1 N–H and O–H groups in total. The van der Waals surface area contributed by atoms with Gasteiger partial charge in [-0.15, -0.1) is 0 Å². The summed E-state index contributed by atoms with van der Waals surface area (Å²) in [7, 11) is 0. The SMILES string of the molecule is CCC(C)n1nccc1CNCc1ccco1. The van der Waals surface area contributed by atoms with Crippen molar-refractivity contribution in [2.75, 3.05) is 0 Å². The highest BCUT2D eigenvalue weighted by molar-refractivity contribution is 5.02. The van der Waals surface area contributed by atoms with Gasteiger partial charge in [0.2, 0.25) is 0 Å². The first-order chi connectivity index (χ1) is 8.31. The Kier molecular flexibility index (Phi) is 3.98. The van der Waals surface area contributed by atoms with Crippen molar-refractivity contribution in [1.82, 2.24) is 15.1 Å². The molecule has 0 radical (unpaired) electrons. The molecule has 1 atom stereocenters. The Hall–Kier alpha value is -1.55. The summed E-state index contributed by atoms with van der Waals surface area (Å²) in [6.45, 7) is 5.92. The summed E-state index contributed by atoms with van der Waals surface area (Å²) in [5.74, 6) is 0.958. The molecule has 0 fully saturated rings. The van der Waals surface area contributed by atoms with Crippen molar-refractivity contribution < 1.29 is 4.42 Å². The summed E-state index contributed by atoms with van der Waals surface area (Å²) in [5, 5.41) is 7.71. The molecule has 2 rings (SSSR count). The molecule has 0 aromatic carbocycles. The number of hydrogen-bond donors (Lipinski definition) is 1. The minimum Gasteiger partial charge on any atom is -0.468 e. The topological polar surface area (TPSA) is 43.0 Å². The van der Waals surface area contributed by atoms with Crippen molar-refractivity contribution in [2.24, 2.45) is 0 Å². The molecule has 0 aliphatic carbocycles. The summed E-state index contributed by atoms with van der Waals surface area (Å²) < 4.78 is 7.35. The smallest absolute Gasteiger partial charge is 0.117 e. The van der Waals surface area contributed by atoms with Crippen LogP contribution in [0.5, 0.6) is 0 Å². The fourth-order valence-electron chi connectivity index (χ4n) is 1.78. The average Bonchev–Trinajstić information content (AvgIpc) is 2.99. The van der Waals surface area contributed by atoms with E-state index in [0.29, 0.717) is 6.04 Å². The van der Waals surface area contributed by atoms with Crippen molar-refractivity contribution in [3.05, 3.63) is 42.1 Å². The van der Waals surface area contributed by atoms with Crippen LogP contribution in [0.2, 0.25) is 0 Å². The van der Waals surface area contributed by atoms with Crippen LogP contribution < -0.4 is 5.32 Å². The quantitative estimate of drug-likeness (QED) is 0.834. The third-order valence-electron chi connectivity index (χ3n) is 2.95. The number of nitrogens with one attached hydrogen (secondary N) is 1. The van der Waals surface area contributed by atoms with E-state index >= 15 is 0 Å². The average molecular weight is 233 g/mol. The van der Waals surface area contributed by atoms with E-state index in [-0.39, 0.29) is 0 Å². The Bertz CT molecular complexity index is 433. The molecular formula is C13H19N3O. The maximum Gasteiger partial charge on any atom is 0.117 e. The van der Waals surface area contributed by atoms with Crippen molar-refractivity contribution in [3.8, 4) is 0 Å². The molecule has 92 valence electrons. The third kappa shape index (κ3) is 2.97. The van der Waals surface area contributed by atoms with Crippen LogP contribution in [0.1, 0.15) is 37.8 Å². The molecule has 0 bridgehead atoms. The molecule has 1 unspecified atom stereocenters. The number of nitrogens with zero attached hydrogens (tertiary/aromatic N) is 2. The molecule has 0 saturated carbocycles. The van der Waals surface area contributed by atoms with Gasteiger partial charge >= 0.3 is 0 Å². The van der Waals surface area contributed by atoms with E-state index in [1.165, 1.54) is 5.69 Å². The second-order valence-electron chi connectivity index (χ2n) is 4.21. The summed E-state index contributed by atoms with van der Waals surface area (Å²) in [5.41, 5.74) is 1.21. The number of aromatic nitrogens is 2. The van der Waals surface area contributed by atoms with E-state index in [1.807, 2.05) is 18.3 Å². The van der Waals surface area contributed by atoms with E-state index < -0.39 is 0 Å². The summed E-state index contributed by atoms with van der Waals surface area (Å²) in [6.07, 6.45) is 4.64. The zero-order chi connectivity index (χ0) is 12.1. The first-order valence-corrected chi connectivity index (χ1v) is 6.06. The van der Waals surface area contributed by atoms with Crippen LogP contribution in [-0.4, -0.2) is 9.78 Å². The lowest BCUT2D eigenvalue weighted by atomic mass is 10.2. The molecule has 0 aliphatic heterocycles. The highest BCUT2D eigenvalue weighted by Crippen LogP contribution is 2.12. The second kappa shape index (κ2) is 5.68. The fraction of sp³-hybridized carbons (Fsp3) is 0.462. The standard InChI is InChI=1S/C13H19N3O/c1-3-11(2)16-12(6-7-15-16)9-14-10-13-5-4-8-17-13/h4-8,11,14H,3,9-10H2,1-2H3. The molecule has 2 heterocycles. The van der Waals surface area contributed by atoms with Gasteiger partial charge in [0.15, 0.2) is 0 Å². The highest BCUT2D eigenvalue weighted by Gasteiger charge is 2.07. The Morgan fingerprint density at radius 1 is 1.41 bits per heavy atom. The van der Waals surface area contributed by atoms with Crippen molar-refractivity contribution in [3.63, 3.8) is 0 Å². The van der Waals surface area contributed by atoms with Crippen molar-refractivity contribution in [1.29, 1.82) is 0 Å². The summed E-state index contributed by atoms with van der Waals surface area (Å²) in [4.78, 5) is 0. The molecule has 4 heteroatoms. The van der Waals surface area contributed by atoms with Gasteiger partial charge in [0.25, 0.3) is 0 Å². The number of hydrogen-bond acceptors (Lipinski definition) is 3. The van der Waals surface area contributed by atoms with E-state index in [0.717, 1.165) is 25.3 Å². The van der Waals surface area contributed by atoms with Gasteiger partial charge in [0.1, 0.15) is 5.76 Å². The lowest BCUT2D eigenvalue weighted by Gasteiger charge is -2.13. The zero-order valence-electron chi connectivity index (χ0n) is 10.4. The molecule has 4 nitrogen and oxygen atoms in total. The van der Waals surface area contributed by atoms with E-state index in [9.17, 15) is 0 Å². The van der Waals surface area contributed by atoms with Crippen LogP contribution in [0, 0.1) is 0 Å². The monoisotopic (exact) mass is 233 g/mol. The van der Waals surface area contributed by atoms with Gasteiger partial charge < -0.3 is 9.73 Å². The predicted octanol–water partition coefficient (Wildman–Crippen LogP) is 2.74. The van der Waals surface area contributed by atoms with Crippen molar-refractivity contribution >= 4 is 0 Å². The van der Waals surface area contributed by atoms with Gasteiger partial charge in [-0.3, -0.25) is 4.68 Å². The Morgan fingerprint density at radius 2 is 2.29 bits per heavy atom. The number of furan rings is 1. The van der Waals surface area contributed by atoms with Gasteiger partial charge in [-0.25, -0.2) is 0 Å². The van der Waals surface area contributed by atoms with Gasteiger partial charge in [-0.1, -0.05) is 6.92 Å². The normalized spacial score (nSPS) is 12.8. The van der Waals surface area contributed by atoms with Crippen LogP contribution in [-0.2, 0) is 13.1 Å². The molecule has 0 spiro atoms. The van der Waals surface area contributed by atoms with Gasteiger partial charge in [-0.2, -0.15) is 5.10 Å². The Balaban J connectivity index is 1.88. The fourth-order valence-corrected chi connectivity index (χ4v) is 1.78. The zero-order valence-corrected chi connectivity index (χ0v) is 10.4. The van der Waals surface area contributed by atoms with E-state index in [4.69, 9.17) is 4.42 Å². The van der Waals surface area contributed by atoms with Gasteiger partial charge in [-0.05, 0) is 31.5 Å². The van der Waals surface area contributed by atoms with Crippen LogP contribution in [0.25, 0.3) is 0 Å². The molecule has 0 aliphatic rings. The largest absolute Gasteiger partial charge is 0.468 e. The first kappa shape index (κ1) is 11.9. The molecule has 0 amide bonds. The number of rotatable bonds is 6. The van der Waals surface area contributed by atoms with E-state index in [2.05, 4.69) is 35.0 Å². The maximum absolute atomic E-state index is 5.27. The molecular weight excluding hydrogens is 214 g/mol. The van der Waals surface area contributed by atoms with E-state index in [1.54, 1.807) is 6.26 Å². The third-order valence-corrected chi connectivity index (χ3v) is 2.95. The first-order valence-electron chi connectivity index (χ1n) is 6.06. The molecule has 17 heavy (non-hydrogen) atoms. The lowest BCUT2D eigenvalue weighted by molar-refractivity contribution is 0.441. The van der Waals surface area contributed by atoms with Crippen LogP contribution >= 0.6 is 0 Å².